The van der Waals surface area contributed by atoms with E-state index in [1.54, 1.807) is 6.08 Å². The summed E-state index contributed by atoms with van der Waals surface area (Å²) in [6.45, 7) is 5.12. The van der Waals surface area contributed by atoms with Gasteiger partial charge in [-0.25, -0.2) is 9.59 Å². The van der Waals surface area contributed by atoms with Gasteiger partial charge in [-0.15, -0.1) is 0 Å². The first-order valence-corrected chi connectivity index (χ1v) is 13.6. The van der Waals surface area contributed by atoms with Gasteiger partial charge in [-0.1, -0.05) is 32.0 Å². The van der Waals surface area contributed by atoms with Gasteiger partial charge in [0.2, 0.25) is 0 Å². The van der Waals surface area contributed by atoms with Crippen molar-refractivity contribution in [2.24, 2.45) is 34.5 Å². The minimum atomic E-state index is -0.683. The standard InChI is InChI=1S/C30H38O5/c1-28-13-10-22(35-27(32)19-6-4-3-5-7-19)17-21(28)8-9-25-24(28)11-14-29(2)23(12-15-30(25,29)33)20-16-26(31)34-18-20/h3-7,16,21-25,33H,8-15,17-18H2,1-2H3/t21-,22+,23-,24+,25-,28+,29-,30+/m1/s1. The molecular formula is C30H38O5. The van der Waals surface area contributed by atoms with Gasteiger partial charge >= 0.3 is 11.9 Å². The number of hydrogen-bond donors (Lipinski definition) is 1. The maximum Gasteiger partial charge on any atom is 0.338 e. The van der Waals surface area contributed by atoms with E-state index in [9.17, 15) is 14.7 Å². The number of carbonyl (C=O) groups is 2. The number of esters is 2. The summed E-state index contributed by atoms with van der Waals surface area (Å²) < 4.78 is 11.2. The fraction of sp³-hybridized carbons (Fsp3) is 0.667. The number of rotatable bonds is 3. The van der Waals surface area contributed by atoms with E-state index in [2.05, 4.69) is 13.8 Å². The fourth-order valence-electron chi connectivity index (χ4n) is 9.27. The molecule has 0 aromatic heterocycles. The average molecular weight is 479 g/mol. The number of carbonyl (C=O) groups excluding carboxylic acids is 2. The van der Waals surface area contributed by atoms with Crippen LogP contribution in [0.15, 0.2) is 42.0 Å². The molecule has 35 heavy (non-hydrogen) atoms. The van der Waals surface area contributed by atoms with E-state index >= 15 is 0 Å². The quantitative estimate of drug-likeness (QED) is 0.583. The van der Waals surface area contributed by atoms with Crippen LogP contribution in [-0.4, -0.2) is 35.4 Å². The topological polar surface area (TPSA) is 72.8 Å². The molecule has 4 fully saturated rings. The SMILES string of the molecule is C[C@]12CC[C@H](OC(=O)c3ccccc3)C[C@H]1CC[C@@H]1[C@@H]2CC[C@]2(C)[C@@H](C3=CC(=O)OC3)CC[C@]12O. The van der Waals surface area contributed by atoms with E-state index < -0.39 is 5.60 Å². The highest BCUT2D eigenvalue weighted by molar-refractivity contribution is 5.89. The van der Waals surface area contributed by atoms with Gasteiger partial charge in [-0.2, -0.15) is 0 Å². The number of ether oxygens (including phenoxy) is 2. The molecule has 0 bridgehead atoms. The first-order chi connectivity index (χ1) is 16.7. The number of fused-ring (bicyclic) bond motifs is 5. The second-order valence-corrected chi connectivity index (χ2v) is 12.5. The van der Waals surface area contributed by atoms with E-state index in [4.69, 9.17) is 9.47 Å². The van der Waals surface area contributed by atoms with Crippen LogP contribution in [-0.2, 0) is 14.3 Å². The Labute approximate surface area is 208 Å². The molecule has 4 saturated carbocycles. The third kappa shape index (κ3) is 3.44. The Morgan fingerprint density at radius 1 is 1.00 bits per heavy atom. The highest BCUT2D eigenvalue weighted by Crippen LogP contribution is 2.70. The molecule has 1 aliphatic heterocycles. The van der Waals surface area contributed by atoms with Crippen molar-refractivity contribution in [2.75, 3.05) is 6.61 Å². The predicted molar refractivity (Wildman–Crippen MR) is 131 cm³/mol. The van der Waals surface area contributed by atoms with Gasteiger partial charge in [0.05, 0.1) is 11.2 Å². The van der Waals surface area contributed by atoms with E-state index in [1.807, 2.05) is 30.3 Å². The lowest BCUT2D eigenvalue weighted by Crippen LogP contribution is -2.62. The Morgan fingerprint density at radius 3 is 2.54 bits per heavy atom. The lowest BCUT2D eigenvalue weighted by molar-refractivity contribution is -0.208. The first-order valence-electron chi connectivity index (χ1n) is 13.6. The van der Waals surface area contributed by atoms with E-state index in [-0.39, 0.29) is 34.8 Å². The summed E-state index contributed by atoms with van der Waals surface area (Å²) in [5.41, 5.74) is 1.02. The summed E-state index contributed by atoms with van der Waals surface area (Å²) in [7, 11) is 0. The van der Waals surface area contributed by atoms with Crippen molar-refractivity contribution in [3.05, 3.63) is 47.5 Å². The largest absolute Gasteiger partial charge is 0.459 e. The molecule has 0 unspecified atom stereocenters. The van der Waals surface area contributed by atoms with Crippen molar-refractivity contribution in [2.45, 2.75) is 83.3 Å². The van der Waals surface area contributed by atoms with Crippen molar-refractivity contribution in [1.82, 2.24) is 0 Å². The molecule has 0 saturated heterocycles. The van der Waals surface area contributed by atoms with E-state index in [0.717, 1.165) is 63.4 Å². The molecule has 0 amide bonds. The van der Waals surface area contributed by atoms with E-state index in [0.29, 0.717) is 29.9 Å². The molecule has 4 aliphatic carbocycles. The Bertz CT molecular complexity index is 1050. The summed E-state index contributed by atoms with van der Waals surface area (Å²) >= 11 is 0. The Balaban J connectivity index is 1.18. The minimum absolute atomic E-state index is 0.0167. The van der Waals surface area contributed by atoms with Crippen LogP contribution in [0.5, 0.6) is 0 Å². The van der Waals surface area contributed by atoms with Crippen LogP contribution in [0.1, 0.15) is 82.0 Å². The maximum absolute atomic E-state index is 12.7. The Morgan fingerprint density at radius 2 is 1.80 bits per heavy atom. The van der Waals surface area contributed by atoms with Gasteiger partial charge in [0, 0.05) is 11.5 Å². The molecule has 1 aromatic rings. The van der Waals surface area contributed by atoms with Crippen LogP contribution >= 0.6 is 0 Å². The van der Waals surface area contributed by atoms with E-state index in [1.165, 1.54) is 0 Å². The molecule has 1 heterocycles. The first kappa shape index (κ1) is 23.3. The third-order valence-electron chi connectivity index (χ3n) is 11.2. The fourth-order valence-corrected chi connectivity index (χ4v) is 9.27. The van der Waals surface area contributed by atoms with Crippen LogP contribution in [0.25, 0.3) is 0 Å². The van der Waals surface area contributed by atoms with Gasteiger partial charge in [-0.3, -0.25) is 0 Å². The molecule has 0 spiro atoms. The van der Waals surface area contributed by atoms with Crippen LogP contribution in [0.4, 0.5) is 0 Å². The monoisotopic (exact) mass is 478 g/mol. The summed E-state index contributed by atoms with van der Waals surface area (Å²) in [4.78, 5) is 24.4. The molecular weight excluding hydrogens is 440 g/mol. The predicted octanol–water partition coefficient (Wildman–Crippen LogP) is 5.47. The number of aliphatic hydroxyl groups is 1. The zero-order chi connectivity index (χ0) is 24.4. The lowest BCUT2D eigenvalue weighted by Gasteiger charge is -2.63. The van der Waals surface area contributed by atoms with Gasteiger partial charge in [0.1, 0.15) is 12.7 Å². The minimum Gasteiger partial charge on any atom is -0.459 e. The van der Waals surface area contributed by atoms with Crippen molar-refractivity contribution < 1.29 is 24.2 Å². The summed E-state index contributed by atoms with van der Waals surface area (Å²) in [6.07, 6.45) is 10.6. The zero-order valence-electron chi connectivity index (χ0n) is 21.0. The zero-order valence-corrected chi connectivity index (χ0v) is 21.0. The number of cyclic esters (lactones) is 1. The molecule has 188 valence electrons. The maximum atomic E-state index is 12.7. The van der Waals surface area contributed by atoms with Crippen LogP contribution in [0.3, 0.4) is 0 Å². The second-order valence-electron chi connectivity index (χ2n) is 12.5. The normalized spacial score (nSPS) is 44.5. The molecule has 8 atom stereocenters. The van der Waals surface area contributed by atoms with Gasteiger partial charge in [0.15, 0.2) is 0 Å². The Hall–Kier alpha value is -2.14. The summed E-state index contributed by atoms with van der Waals surface area (Å²) in [6, 6.07) is 9.30. The molecule has 5 aliphatic rings. The lowest BCUT2D eigenvalue weighted by atomic mass is 9.43. The summed E-state index contributed by atoms with van der Waals surface area (Å²) in [5, 5.41) is 12.3. The number of benzene rings is 1. The summed E-state index contributed by atoms with van der Waals surface area (Å²) in [5.74, 6) is 1.12. The molecule has 6 rings (SSSR count). The van der Waals surface area contributed by atoms with Crippen LogP contribution in [0, 0.1) is 34.5 Å². The van der Waals surface area contributed by atoms with Gasteiger partial charge < -0.3 is 14.6 Å². The van der Waals surface area contributed by atoms with Crippen molar-refractivity contribution in [3.63, 3.8) is 0 Å². The molecule has 1 N–H and O–H groups in total. The smallest absolute Gasteiger partial charge is 0.338 e. The Kier molecular flexibility index (Phi) is 5.45. The third-order valence-corrected chi connectivity index (χ3v) is 11.2. The van der Waals surface area contributed by atoms with Crippen LogP contribution < -0.4 is 0 Å². The number of hydrogen-bond acceptors (Lipinski definition) is 5. The molecule has 0 radical (unpaired) electrons. The molecule has 5 heteroatoms. The van der Waals surface area contributed by atoms with Crippen LogP contribution in [0.2, 0.25) is 0 Å². The average Bonchev–Trinajstić information content (AvgIpc) is 3.39. The molecule has 1 aromatic carbocycles. The highest BCUT2D eigenvalue weighted by atomic mass is 16.5. The molecule has 5 nitrogen and oxygen atoms in total. The van der Waals surface area contributed by atoms with Crippen molar-refractivity contribution in [3.8, 4) is 0 Å². The highest BCUT2D eigenvalue weighted by Gasteiger charge is 2.67. The van der Waals surface area contributed by atoms with Crippen molar-refractivity contribution in [1.29, 1.82) is 0 Å². The van der Waals surface area contributed by atoms with Crippen molar-refractivity contribution >= 4 is 11.9 Å². The van der Waals surface area contributed by atoms with Gasteiger partial charge in [-0.05, 0) is 105 Å². The van der Waals surface area contributed by atoms with Gasteiger partial charge in [0.25, 0.3) is 0 Å². The second kappa shape index (κ2) is 8.19.